The van der Waals surface area contributed by atoms with Gasteiger partial charge in [0.1, 0.15) is 0 Å². The van der Waals surface area contributed by atoms with E-state index in [9.17, 15) is 0 Å². The second-order valence-corrected chi connectivity index (χ2v) is 8.81. The van der Waals surface area contributed by atoms with Crippen molar-refractivity contribution in [3.8, 4) is 0 Å². The largest absolute Gasteiger partial charge is 0.351 e. The zero-order valence-corrected chi connectivity index (χ0v) is 18.6. The summed E-state index contributed by atoms with van der Waals surface area (Å²) < 4.78 is 0. The number of nitrogens with one attached hydrogen (secondary N) is 1. The predicted octanol–water partition coefficient (Wildman–Crippen LogP) is 4.66. The maximum Gasteiger partial charge on any atom is 0.231 e. The average molecular weight is 455 g/mol. The van der Waals surface area contributed by atoms with Crippen LogP contribution in [0.4, 0.5) is 11.9 Å². The molecule has 1 saturated heterocycles. The second kappa shape index (κ2) is 8.99. The number of hydrogen-bond acceptors (Lipinski definition) is 6. The first-order valence-electron chi connectivity index (χ1n) is 10.6. The van der Waals surface area contributed by atoms with Gasteiger partial charge in [-0.25, -0.2) is 0 Å². The summed E-state index contributed by atoms with van der Waals surface area (Å²) in [6, 6.07) is 19.4. The zero-order valence-electron chi connectivity index (χ0n) is 17.1. The van der Waals surface area contributed by atoms with E-state index in [1.165, 1.54) is 11.1 Å². The van der Waals surface area contributed by atoms with Crippen molar-refractivity contribution in [1.82, 2.24) is 19.9 Å². The van der Waals surface area contributed by atoms with E-state index in [0.717, 1.165) is 44.0 Å². The van der Waals surface area contributed by atoms with Crippen LogP contribution in [0.1, 0.15) is 30.0 Å². The van der Waals surface area contributed by atoms with Crippen molar-refractivity contribution < 1.29 is 0 Å². The molecule has 0 spiro atoms. The van der Waals surface area contributed by atoms with Crippen molar-refractivity contribution in [3.63, 3.8) is 0 Å². The summed E-state index contributed by atoms with van der Waals surface area (Å²) in [5.41, 5.74) is 2.51. The second-order valence-electron chi connectivity index (χ2n) is 8.03. The highest BCUT2D eigenvalue weighted by atomic mass is 35.5. The summed E-state index contributed by atoms with van der Waals surface area (Å²) in [6.07, 6.45) is 2.31. The third-order valence-electron chi connectivity index (χ3n) is 5.77. The van der Waals surface area contributed by atoms with Gasteiger partial charge in [-0.2, -0.15) is 15.0 Å². The highest BCUT2D eigenvalue weighted by Gasteiger charge is 2.28. The molecule has 1 unspecified atom stereocenters. The highest BCUT2D eigenvalue weighted by molar-refractivity contribution is 6.30. The van der Waals surface area contributed by atoms with Gasteiger partial charge in [0.25, 0.3) is 0 Å². The van der Waals surface area contributed by atoms with Crippen LogP contribution in [0.25, 0.3) is 0 Å². The first-order valence-corrected chi connectivity index (χ1v) is 11.4. The molecule has 1 aromatic heterocycles. The van der Waals surface area contributed by atoms with Crippen molar-refractivity contribution in [2.75, 3.05) is 36.4 Å². The molecule has 0 amide bonds. The molecule has 1 aliphatic carbocycles. The molecule has 1 saturated carbocycles. The fourth-order valence-electron chi connectivity index (χ4n) is 4.03. The van der Waals surface area contributed by atoms with E-state index in [1.54, 1.807) is 0 Å². The maximum atomic E-state index is 6.17. The fourth-order valence-corrected chi connectivity index (χ4v) is 4.31. The third-order valence-corrected chi connectivity index (χ3v) is 6.19. The Hall–Kier alpha value is -2.41. The van der Waals surface area contributed by atoms with E-state index >= 15 is 0 Å². The number of nitrogens with zero attached hydrogens (tertiary/aromatic N) is 5. The van der Waals surface area contributed by atoms with E-state index < -0.39 is 0 Å². The van der Waals surface area contributed by atoms with Gasteiger partial charge in [0.05, 0.1) is 6.04 Å². The van der Waals surface area contributed by atoms with Crippen LogP contribution in [-0.2, 0) is 0 Å². The summed E-state index contributed by atoms with van der Waals surface area (Å²) in [4.78, 5) is 17.9. The number of benzene rings is 2. The van der Waals surface area contributed by atoms with E-state index in [-0.39, 0.29) is 11.3 Å². The molecule has 0 bridgehead atoms. The molecular formula is C23H24Cl2N6. The molecular weight excluding hydrogens is 431 g/mol. The quantitative estimate of drug-likeness (QED) is 0.584. The van der Waals surface area contributed by atoms with Crippen LogP contribution in [0, 0.1) is 0 Å². The SMILES string of the molecule is Clc1ccc(C(c2ccccc2)N2CCN(c3nc(Cl)nc(NC4CC4)n3)CC2)cc1. The Morgan fingerprint density at radius 1 is 0.806 bits per heavy atom. The van der Waals surface area contributed by atoms with Gasteiger partial charge >= 0.3 is 0 Å². The van der Waals surface area contributed by atoms with Crippen LogP contribution < -0.4 is 10.2 Å². The number of halogens is 2. The van der Waals surface area contributed by atoms with Crippen LogP contribution in [0.5, 0.6) is 0 Å². The van der Waals surface area contributed by atoms with Gasteiger partial charge in [-0.05, 0) is 47.7 Å². The minimum Gasteiger partial charge on any atom is -0.351 e. The molecule has 160 valence electrons. The first-order chi connectivity index (χ1) is 15.2. The van der Waals surface area contributed by atoms with Gasteiger partial charge in [-0.1, -0.05) is 54.1 Å². The molecule has 3 aromatic rings. The first kappa shape index (κ1) is 20.5. The van der Waals surface area contributed by atoms with E-state index in [4.69, 9.17) is 23.2 Å². The monoisotopic (exact) mass is 454 g/mol. The third kappa shape index (κ3) is 4.92. The normalized spacial score (nSPS) is 18.1. The van der Waals surface area contributed by atoms with Crippen molar-refractivity contribution in [2.45, 2.75) is 24.9 Å². The predicted molar refractivity (Wildman–Crippen MR) is 125 cm³/mol. The van der Waals surface area contributed by atoms with E-state index in [1.807, 2.05) is 12.1 Å². The van der Waals surface area contributed by atoms with Crippen molar-refractivity contribution >= 4 is 35.1 Å². The summed E-state index contributed by atoms with van der Waals surface area (Å²) in [6.45, 7) is 3.41. The molecule has 1 N–H and O–H groups in total. The Bertz CT molecular complexity index is 1020. The standard InChI is InChI=1S/C23H24Cl2N6/c24-18-8-6-17(7-9-18)20(16-4-2-1-3-5-16)30-12-14-31(15-13-30)23-28-21(25)27-22(29-23)26-19-10-11-19/h1-9,19-20H,10-15H2,(H,26,27,28,29). The molecule has 5 rings (SSSR count). The molecule has 6 nitrogen and oxygen atoms in total. The Morgan fingerprint density at radius 3 is 2.16 bits per heavy atom. The van der Waals surface area contributed by atoms with Crippen LogP contribution in [0.3, 0.4) is 0 Å². The molecule has 1 aliphatic heterocycles. The van der Waals surface area contributed by atoms with Gasteiger partial charge < -0.3 is 10.2 Å². The zero-order chi connectivity index (χ0) is 21.2. The molecule has 2 heterocycles. The molecule has 2 fully saturated rings. The topological polar surface area (TPSA) is 57.2 Å². The summed E-state index contributed by atoms with van der Waals surface area (Å²) >= 11 is 12.3. The lowest BCUT2D eigenvalue weighted by Gasteiger charge is -2.39. The number of rotatable bonds is 6. The van der Waals surface area contributed by atoms with Gasteiger partial charge in [0, 0.05) is 37.2 Å². The molecule has 0 radical (unpaired) electrons. The van der Waals surface area contributed by atoms with Crippen LogP contribution in [-0.4, -0.2) is 52.1 Å². The molecule has 1 atom stereocenters. The maximum absolute atomic E-state index is 6.17. The molecule has 31 heavy (non-hydrogen) atoms. The Balaban J connectivity index is 1.34. The Kier molecular flexibility index (Phi) is 5.94. The van der Waals surface area contributed by atoms with Crippen LogP contribution >= 0.6 is 23.2 Å². The number of aromatic nitrogens is 3. The summed E-state index contributed by atoms with van der Waals surface area (Å²) in [5.74, 6) is 1.22. The van der Waals surface area contributed by atoms with Crippen molar-refractivity contribution in [1.29, 1.82) is 0 Å². The fraction of sp³-hybridized carbons (Fsp3) is 0.348. The lowest BCUT2D eigenvalue weighted by molar-refractivity contribution is 0.211. The average Bonchev–Trinajstić information content (AvgIpc) is 3.60. The number of anilines is 2. The molecule has 2 aliphatic rings. The Morgan fingerprint density at radius 2 is 1.48 bits per heavy atom. The summed E-state index contributed by atoms with van der Waals surface area (Å²) in [5, 5.41) is 4.30. The smallest absolute Gasteiger partial charge is 0.231 e. The van der Waals surface area contributed by atoms with Gasteiger partial charge in [0.2, 0.25) is 17.2 Å². The Labute approximate surface area is 192 Å². The van der Waals surface area contributed by atoms with Gasteiger partial charge in [0.15, 0.2) is 0 Å². The molecule has 2 aromatic carbocycles. The minimum atomic E-state index is 0.176. The minimum absolute atomic E-state index is 0.176. The van der Waals surface area contributed by atoms with Crippen LogP contribution in [0.15, 0.2) is 54.6 Å². The lowest BCUT2D eigenvalue weighted by Crippen LogP contribution is -2.48. The summed E-state index contributed by atoms with van der Waals surface area (Å²) in [7, 11) is 0. The van der Waals surface area contributed by atoms with E-state index in [2.05, 4.69) is 72.5 Å². The number of hydrogen-bond donors (Lipinski definition) is 1. The van der Waals surface area contributed by atoms with Crippen molar-refractivity contribution in [2.24, 2.45) is 0 Å². The van der Waals surface area contributed by atoms with Gasteiger partial charge in [-0.3, -0.25) is 4.90 Å². The molecule has 8 heteroatoms. The van der Waals surface area contributed by atoms with Crippen LogP contribution in [0.2, 0.25) is 10.3 Å². The van der Waals surface area contributed by atoms with E-state index in [0.29, 0.717) is 17.9 Å². The highest BCUT2D eigenvalue weighted by Crippen LogP contribution is 2.31. The van der Waals surface area contributed by atoms with Crippen molar-refractivity contribution in [3.05, 3.63) is 76.0 Å². The van der Waals surface area contributed by atoms with Gasteiger partial charge in [-0.15, -0.1) is 0 Å². The lowest BCUT2D eigenvalue weighted by atomic mass is 9.96. The number of piperazine rings is 1.